The first kappa shape index (κ1) is 19.8. The number of methoxy groups -OCH3 is 1. The normalized spacial score (nSPS) is 19.1. The van der Waals surface area contributed by atoms with Gasteiger partial charge in [-0.25, -0.2) is 4.79 Å². The van der Waals surface area contributed by atoms with Crippen molar-refractivity contribution < 1.29 is 24.2 Å². The molecule has 4 rings (SSSR count). The number of nitrogens with one attached hydrogen (secondary N) is 1. The Morgan fingerprint density at radius 1 is 1.20 bits per heavy atom. The SMILES string of the molecule is COC(=O)c1cc(NC(C)=S)ccc1C1c2ccc(O)cc2OC2=CC(=O)C=CC21. The highest BCUT2D eigenvalue weighted by Gasteiger charge is 2.38. The van der Waals surface area contributed by atoms with Crippen molar-refractivity contribution >= 4 is 34.6 Å². The molecule has 0 saturated heterocycles. The highest BCUT2D eigenvalue weighted by molar-refractivity contribution is 7.80. The van der Waals surface area contributed by atoms with Crippen LogP contribution in [0.25, 0.3) is 0 Å². The Hall–Kier alpha value is -3.45. The van der Waals surface area contributed by atoms with Crippen molar-refractivity contribution in [3.8, 4) is 11.5 Å². The molecule has 1 heterocycles. The first-order valence-electron chi connectivity index (χ1n) is 9.31. The fraction of sp³-hybridized carbons (Fsp3) is 0.174. The molecule has 0 radical (unpaired) electrons. The minimum atomic E-state index is -0.483. The summed E-state index contributed by atoms with van der Waals surface area (Å²) >= 11 is 5.11. The van der Waals surface area contributed by atoms with Crippen LogP contribution in [0.15, 0.2) is 60.4 Å². The summed E-state index contributed by atoms with van der Waals surface area (Å²) in [5.41, 5.74) is 2.58. The Kier molecular flexibility index (Phi) is 5.13. The maximum Gasteiger partial charge on any atom is 0.338 e. The largest absolute Gasteiger partial charge is 0.508 e. The molecule has 2 aliphatic rings. The Bertz CT molecular complexity index is 1130. The van der Waals surface area contributed by atoms with E-state index in [2.05, 4.69) is 5.32 Å². The zero-order valence-corrected chi connectivity index (χ0v) is 17.2. The van der Waals surface area contributed by atoms with E-state index in [0.717, 1.165) is 11.1 Å². The minimum Gasteiger partial charge on any atom is -0.508 e. The van der Waals surface area contributed by atoms with Crippen molar-refractivity contribution in [3.05, 3.63) is 77.1 Å². The molecule has 6 nitrogen and oxygen atoms in total. The third-order valence-corrected chi connectivity index (χ3v) is 5.22. The predicted molar refractivity (Wildman–Crippen MR) is 116 cm³/mol. The highest BCUT2D eigenvalue weighted by atomic mass is 32.1. The first-order valence-corrected chi connectivity index (χ1v) is 9.72. The van der Waals surface area contributed by atoms with E-state index in [1.165, 1.54) is 25.3 Å². The molecule has 2 N–H and O–H groups in total. The predicted octanol–water partition coefficient (Wildman–Crippen LogP) is 4.10. The summed E-state index contributed by atoms with van der Waals surface area (Å²) in [7, 11) is 1.33. The zero-order chi connectivity index (χ0) is 21.4. The van der Waals surface area contributed by atoms with Crippen molar-refractivity contribution in [2.75, 3.05) is 12.4 Å². The number of thiocarbonyl (C=S) groups is 1. The lowest BCUT2D eigenvalue weighted by Gasteiger charge is -2.36. The molecule has 1 aliphatic heterocycles. The number of rotatable bonds is 3. The van der Waals surface area contributed by atoms with Crippen LogP contribution in [-0.2, 0) is 9.53 Å². The molecule has 0 saturated carbocycles. The van der Waals surface area contributed by atoms with Gasteiger partial charge in [0.05, 0.1) is 17.7 Å². The van der Waals surface area contributed by atoms with E-state index in [1.807, 2.05) is 12.1 Å². The van der Waals surface area contributed by atoms with Gasteiger partial charge in [0.25, 0.3) is 0 Å². The molecular weight excluding hydrogens is 402 g/mol. The average molecular weight is 421 g/mol. The molecular formula is C23H19NO5S. The van der Waals surface area contributed by atoms with E-state index in [0.29, 0.717) is 27.7 Å². The van der Waals surface area contributed by atoms with Gasteiger partial charge in [-0.05, 0) is 36.8 Å². The number of allylic oxidation sites excluding steroid dienone is 3. The number of hydrogen-bond donors (Lipinski definition) is 2. The molecule has 2 aromatic carbocycles. The van der Waals surface area contributed by atoms with E-state index in [-0.39, 0.29) is 23.4 Å². The van der Waals surface area contributed by atoms with Gasteiger partial charge in [-0.15, -0.1) is 0 Å². The van der Waals surface area contributed by atoms with Gasteiger partial charge in [0.1, 0.15) is 17.3 Å². The van der Waals surface area contributed by atoms with Gasteiger partial charge in [0.2, 0.25) is 0 Å². The number of carbonyl (C=O) groups is 2. The van der Waals surface area contributed by atoms with Crippen LogP contribution in [0, 0.1) is 5.92 Å². The molecule has 2 atom stereocenters. The Labute approximate surface area is 178 Å². The second-order valence-corrected chi connectivity index (χ2v) is 7.72. The Morgan fingerprint density at radius 2 is 1.97 bits per heavy atom. The van der Waals surface area contributed by atoms with Crippen molar-refractivity contribution in [1.82, 2.24) is 0 Å². The molecule has 152 valence electrons. The van der Waals surface area contributed by atoms with E-state index in [1.54, 1.807) is 31.2 Å². The van der Waals surface area contributed by atoms with Crippen LogP contribution in [0.4, 0.5) is 5.69 Å². The molecule has 7 heteroatoms. The summed E-state index contributed by atoms with van der Waals surface area (Å²) in [5, 5.41) is 13.0. The van der Waals surface area contributed by atoms with E-state index in [4.69, 9.17) is 21.7 Å². The molecule has 0 bridgehead atoms. The number of ketones is 1. The van der Waals surface area contributed by atoms with E-state index in [9.17, 15) is 14.7 Å². The number of carbonyl (C=O) groups excluding carboxylic acids is 2. The van der Waals surface area contributed by atoms with Gasteiger partial charge in [-0.2, -0.15) is 0 Å². The number of fused-ring (bicyclic) bond motifs is 2. The van der Waals surface area contributed by atoms with Crippen LogP contribution in [0.3, 0.4) is 0 Å². The van der Waals surface area contributed by atoms with Crippen LogP contribution in [0.2, 0.25) is 0 Å². The fourth-order valence-corrected chi connectivity index (χ4v) is 4.01. The van der Waals surface area contributed by atoms with E-state index >= 15 is 0 Å². The summed E-state index contributed by atoms with van der Waals surface area (Å²) in [4.78, 5) is 25.1. The Morgan fingerprint density at radius 3 is 2.70 bits per heavy atom. The van der Waals surface area contributed by atoms with Gasteiger partial charge in [0.15, 0.2) is 5.78 Å². The quantitative estimate of drug-likeness (QED) is 0.570. The zero-order valence-electron chi connectivity index (χ0n) is 16.3. The van der Waals surface area contributed by atoms with Crippen molar-refractivity contribution in [2.24, 2.45) is 5.92 Å². The third kappa shape index (κ3) is 3.59. The number of benzene rings is 2. The van der Waals surface area contributed by atoms with Gasteiger partial charge >= 0.3 is 5.97 Å². The first-order chi connectivity index (χ1) is 14.4. The fourth-order valence-electron chi connectivity index (χ4n) is 3.90. The summed E-state index contributed by atoms with van der Waals surface area (Å²) < 4.78 is 11.0. The van der Waals surface area contributed by atoms with Crippen LogP contribution in [-0.4, -0.2) is 29.0 Å². The molecule has 0 aromatic heterocycles. The van der Waals surface area contributed by atoms with Crippen molar-refractivity contribution in [2.45, 2.75) is 12.8 Å². The summed E-state index contributed by atoms with van der Waals surface area (Å²) in [5.74, 6) is -0.294. The maximum absolute atomic E-state index is 12.7. The monoisotopic (exact) mass is 421 g/mol. The molecule has 1 aliphatic carbocycles. The van der Waals surface area contributed by atoms with Gasteiger partial charge in [-0.1, -0.05) is 30.4 Å². The number of ether oxygens (including phenoxy) is 2. The number of aromatic hydroxyl groups is 1. The topological polar surface area (TPSA) is 84.9 Å². The highest BCUT2D eigenvalue weighted by Crippen LogP contribution is 2.49. The van der Waals surface area contributed by atoms with Crippen molar-refractivity contribution in [3.63, 3.8) is 0 Å². The molecule has 30 heavy (non-hydrogen) atoms. The number of phenolic OH excluding ortho intramolecular Hbond substituents is 1. The number of esters is 1. The summed E-state index contributed by atoms with van der Waals surface area (Å²) in [6.45, 7) is 1.75. The second kappa shape index (κ2) is 7.76. The number of anilines is 1. The van der Waals surface area contributed by atoms with Gasteiger partial charge in [0, 0.05) is 35.2 Å². The van der Waals surface area contributed by atoms with Crippen LogP contribution in [0.1, 0.15) is 34.3 Å². The lowest BCUT2D eigenvalue weighted by Crippen LogP contribution is -2.27. The number of hydrogen-bond acceptors (Lipinski definition) is 6. The molecule has 2 aromatic rings. The van der Waals surface area contributed by atoms with E-state index < -0.39 is 5.97 Å². The lowest BCUT2D eigenvalue weighted by atomic mass is 9.74. The summed E-state index contributed by atoms with van der Waals surface area (Å²) in [6, 6.07) is 10.2. The summed E-state index contributed by atoms with van der Waals surface area (Å²) in [6.07, 6.45) is 4.72. The number of phenols is 1. The minimum absolute atomic E-state index is 0.0495. The Balaban J connectivity index is 1.92. The molecule has 2 unspecified atom stereocenters. The van der Waals surface area contributed by atoms with Gasteiger partial charge in [-0.3, -0.25) is 4.79 Å². The average Bonchev–Trinajstić information content (AvgIpc) is 2.71. The van der Waals surface area contributed by atoms with Crippen LogP contribution < -0.4 is 10.1 Å². The second-order valence-electron chi connectivity index (χ2n) is 7.11. The van der Waals surface area contributed by atoms with Crippen LogP contribution >= 0.6 is 12.2 Å². The van der Waals surface area contributed by atoms with Crippen LogP contribution in [0.5, 0.6) is 11.5 Å². The third-order valence-electron chi connectivity index (χ3n) is 5.11. The molecule has 0 amide bonds. The maximum atomic E-state index is 12.7. The lowest BCUT2D eigenvalue weighted by molar-refractivity contribution is -0.110. The molecule has 0 spiro atoms. The molecule has 0 fully saturated rings. The standard InChI is InChI=1S/C23H19NO5S/c1-12(30)24-13-3-6-16(19(9-13)23(27)28-2)22-17-7-4-14(25)10-20(17)29-21-11-15(26)5-8-18(21)22/h3-11,17,22,26H,1-2H3,(H,24,30). The van der Waals surface area contributed by atoms with Crippen molar-refractivity contribution in [1.29, 1.82) is 0 Å². The smallest absolute Gasteiger partial charge is 0.338 e. The van der Waals surface area contributed by atoms with Gasteiger partial charge < -0.3 is 19.9 Å².